The van der Waals surface area contributed by atoms with Gasteiger partial charge >= 0.3 is 0 Å². The quantitative estimate of drug-likeness (QED) is 0.856. The summed E-state index contributed by atoms with van der Waals surface area (Å²) in [6.45, 7) is 0. The smallest absolute Gasteiger partial charge is 0.152 e. The number of nitrogens with one attached hydrogen (secondary N) is 1. The number of benzene rings is 1. The molecule has 0 saturated heterocycles. The average molecular weight is 311 g/mol. The molecule has 0 aliphatic carbocycles. The van der Waals surface area contributed by atoms with Crippen molar-refractivity contribution in [3.8, 4) is 0 Å². The number of anilines is 2. The molecule has 0 saturated carbocycles. The van der Waals surface area contributed by atoms with E-state index in [1.54, 1.807) is 4.68 Å². The molecular formula is C11H11BrN4S. The second-order valence-corrected chi connectivity index (χ2v) is 4.85. The van der Waals surface area contributed by atoms with Gasteiger partial charge in [0.1, 0.15) is 4.99 Å². The van der Waals surface area contributed by atoms with E-state index in [2.05, 4.69) is 26.3 Å². The number of aryl methyl sites for hydroxylation is 1. The second kappa shape index (κ2) is 4.85. The summed E-state index contributed by atoms with van der Waals surface area (Å²) in [4.78, 5) is 0.384. The minimum absolute atomic E-state index is 0.384. The SMILES string of the molecule is Cn1ccc(Nc2ccc(C(N)=S)cc2Br)n1. The third kappa shape index (κ3) is 2.83. The summed E-state index contributed by atoms with van der Waals surface area (Å²) in [7, 11) is 1.87. The molecule has 17 heavy (non-hydrogen) atoms. The van der Waals surface area contributed by atoms with E-state index in [9.17, 15) is 0 Å². The molecule has 0 amide bonds. The fourth-order valence-electron chi connectivity index (χ4n) is 1.39. The second-order valence-electron chi connectivity index (χ2n) is 3.56. The first-order valence-corrected chi connectivity index (χ1v) is 6.12. The molecule has 0 bridgehead atoms. The molecule has 3 N–H and O–H groups in total. The maximum atomic E-state index is 5.56. The Labute approximate surface area is 113 Å². The zero-order valence-corrected chi connectivity index (χ0v) is 11.5. The maximum Gasteiger partial charge on any atom is 0.152 e. The van der Waals surface area contributed by atoms with Crippen LogP contribution in [0.2, 0.25) is 0 Å². The molecule has 0 fully saturated rings. The molecule has 1 aromatic carbocycles. The van der Waals surface area contributed by atoms with Crippen LogP contribution in [0.3, 0.4) is 0 Å². The van der Waals surface area contributed by atoms with Gasteiger partial charge < -0.3 is 11.1 Å². The lowest BCUT2D eigenvalue weighted by Gasteiger charge is -2.07. The average Bonchev–Trinajstić information content (AvgIpc) is 2.67. The number of hydrogen-bond donors (Lipinski definition) is 2. The van der Waals surface area contributed by atoms with Gasteiger partial charge in [-0.1, -0.05) is 12.2 Å². The topological polar surface area (TPSA) is 55.9 Å². The molecule has 2 aromatic rings. The molecule has 6 heteroatoms. The van der Waals surface area contributed by atoms with Crippen LogP contribution >= 0.6 is 28.1 Å². The van der Waals surface area contributed by atoms with E-state index < -0.39 is 0 Å². The largest absolute Gasteiger partial charge is 0.389 e. The van der Waals surface area contributed by atoms with Gasteiger partial charge in [0.05, 0.1) is 5.69 Å². The van der Waals surface area contributed by atoms with Crippen LogP contribution in [0, 0.1) is 0 Å². The van der Waals surface area contributed by atoms with Crippen LogP contribution in [0.5, 0.6) is 0 Å². The molecule has 0 spiro atoms. The van der Waals surface area contributed by atoms with Crippen molar-refractivity contribution in [2.24, 2.45) is 12.8 Å². The third-order valence-corrected chi connectivity index (χ3v) is 3.12. The highest BCUT2D eigenvalue weighted by atomic mass is 79.9. The molecule has 4 nitrogen and oxygen atoms in total. The summed E-state index contributed by atoms with van der Waals surface area (Å²) in [6, 6.07) is 7.56. The number of nitrogens with zero attached hydrogens (tertiary/aromatic N) is 2. The zero-order chi connectivity index (χ0) is 12.4. The van der Waals surface area contributed by atoms with Gasteiger partial charge in [0.25, 0.3) is 0 Å². The number of rotatable bonds is 3. The van der Waals surface area contributed by atoms with Crippen molar-refractivity contribution in [2.45, 2.75) is 0 Å². The lowest BCUT2D eigenvalue weighted by Crippen LogP contribution is -2.09. The highest BCUT2D eigenvalue weighted by Crippen LogP contribution is 2.26. The van der Waals surface area contributed by atoms with Crippen molar-refractivity contribution in [1.29, 1.82) is 0 Å². The number of hydrogen-bond acceptors (Lipinski definition) is 3. The van der Waals surface area contributed by atoms with Crippen LogP contribution in [0.25, 0.3) is 0 Å². The predicted molar refractivity (Wildman–Crippen MR) is 76.5 cm³/mol. The van der Waals surface area contributed by atoms with Crippen molar-refractivity contribution in [3.05, 3.63) is 40.5 Å². The van der Waals surface area contributed by atoms with Gasteiger partial charge in [-0.3, -0.25) is 4.68 Å². The van der Waals surface area contributed by atoms with E-state index in [1.165, 1.54) is 0 Å². The van der Waals surface area contributed by atoms with Crippen molar-refractivity contribution >= 4 is 44.6 Å². The van der Waals surface area contributed by atoms with E-state index in [-0.39, 0.29) is 0 Å². The van der Waals surface area contributed by atoms with E-state index >= 15 is 0 Å². The number of thiocarbonyl (C=S) groups is 1. The fraction of sp³-hybridized carbons (Fsp3) is 0.0909. The number of aromatic nitrogens is 2. The first-order chi connectivity index (χ1) is 8.06. The van der Waals surface area contributed by atoms with Gasteiger partial charge in [-0.15, -0.1) is 0 Å². The summed E-state index contributed by atoms with van der Waals surface area (Å²) in [5.41, 5.74) is 7.32. The number of nitrogens with two attached hydrogens (primary N) is 1. The zero-order valence-electron chi connectivity index (χ0n) is 9.14. The normalized spacial score (nSPS) is 10.2. The van der Waals surface area contributed by atoms with E-state index in [0.717, 1.165) is 21.5 Å². The van der Waals surface area contributed by atoms with Crippen LogP contribution < -0.4 is 11.1 Å². The molecule has 0 aliphatic heterocycles. The Morgan fingerprint density at radius 2 is 2.24 bits per heavy atom. The highest BCUT2D eigenvalue weighted by Gasteiger charge is 2.04. The Morgan fingerprint density at radius 1 is 1.47 bits per heavy atom. The standard InChI is InChI=1S/C11H11BrN4S/c1-16-5-4-10(15-16)14-9-3-2-7(11(13)17)6-8(9)12/h2-6H,1H3,(H2,13,17)(H,14,15). The summed E-state index contributed by atoms with van der Waals surface area (Å²) in [6.07, 6.45) is 1.87. The molecule has 0 aliphatic rings. The molecule has 2 rings (SSSR count). The monoisotopic (exact) mass is 310 g/mol. The lowest BCUT2D eigenvalue weighted by molar-refractivity contribution is 0.771. The summed E-state index contributed by atoms with van der Waals surface area (Å²) in [5.74, 6) is 0.788. The van der Waals surface area contributed by atoms with Crippen molar-refractivity contribution in [2.75, 3.05) is 5.32 Å². The van der Waals surface area contributed by atoms with E-state index in [1.807, 2.05) is 37.5 Å². The van der Waals surface area contributed by atoms with Crippen LogP contribution in [0.15, 0.2) is 34.9 Å². The Morgan fingerprint density at radius 3 is 2.76 bits per heavy atom. The van der Waals surface area contributed by atoms with Gasteiger partial charge in [0.15, 0.2) is 5.82 Å². The van der Waals surface area contributed by atoms with Crippen LogP contribution in [-0.2, 0) is 7.05 Å². The number of halogens is 1. The van der Waals surface area contributed by atoms with Gasteiger partial charge in [-0.05, 0) is 34.1 Å². The van der Waals surface area contributed by atoms with Gasteiger partial charge in [-0.2, -0.15) is 5.10 Å². The minimum atomic E-state index is 0.384. The Bertz CT molecular complexity index is 564. The van der Waals surface area contributed by atoms with Crippen molar-refractivity contribution in [1.82, 2.24) is 9.78 Å². The van der Waals surface area contributed by atoms with E-state index in [0.29, 0.717) is 4.99 Å². The van der Waals surface area contributed by atoms with Gasteiger partial charge in [0, 0.05) is 29.3 Å². The summed E-state index contributed by atoms with van der Waals surface area (Å²) < 4.78 is 2.63. The van der Waals surface area contributed by atoms with Crippen molar-refractivity contribution < 1.29 is 0 Å². The Kier molecular flexibility index (Phi) is 3.44. The first kappa shape index (κ1) is 12.1. The first-order valence-electron chi connectivity index (χ1n) is 4.92. The predicted octanol–water partition coefficient (Wildman–Crippen LogP) is 2.56. The lowest BCUT2D eigenvalue weighted by atomic mass is 10.2. The van der Waals surface area contributed by atoms with Crippen LogP contribution in [0.4, 0.5) is 11.5 Å². The van der Waals surface area contributed by atoms with Gasteiger partial charge in [-0.25, -0.2) is 0 Å². The summed E-state index contributed by atoms with van der Waals surface area (Å²) in [5, 5.41) is 7.44. The minimum Gasteiger partial charge on any atom is -0.389 e. The maximum absolute atomic E-state index is 5.56. The van der Waals surface area contributed by atoms with Gasteiger partial charge in [0.2, 0.25) is 0 Å². The Balaban J connectivity index is 2.25. The molecule has 0 atom stereocenters. The third-order valence-electron chi connectivity index (χ3n) is 2.23. The molecule has 0 radical (unpaired) electrons. The molecule has 88 valence electrons. The van der Waals surface area contributed by atoms with E-state index in [4.69, 9.17) is 18.0 Å². The molecule has 1 aromatic heterocycles. The molecule has 0 unspecified atom stereocenters. The fourth-order valence-corrected chi connectivity index (χ4v) is 1.99. The molecular weight excluding hydrogens is 300 g/mol. The summed E-state index contributed by atoms with van der Waals surface area (Å²) >= 11 is 8.39. The van der Waals surface area contributed by atoms with Crippen LogP contribution in [-0.4, -0.2) is 14.8 Å². The molecule has 1 heterocycles. The van der Waals surface area contributed by atoms with Crippen LogP contribution in [0.1, 0.15) is 5.56 Å². The Hall–Kier alpha value is -1.40. The highest BCUT2D eigenvalue weighted by molar-refractivity contribution is 9.10. The van der Waals surface area contributed by atoms with Crippen molar-refractivity contribution in [3.63, 3.8) is 0 Å².